The summed E-state index contributed by atoms with van der Waals surface area (Å²) >= 11 is 0. The maximum atomic E-state index is 11.6. The molecule has 0 amide bonds. The molecule has 2 heterocycles. The Hall–Kier alpha value is -3.03. The zero-order valence-corrected chi connectivity index (χ0v) is 10.1. The van der Waals surface area contributed by atoms with E-state index in [0.29, 0.717) is 5.69 Å². The lowest BCUT2D eigenvalue weighted by molar-refractivity contribution is -0.385. The standard InChI is InChI=1S/C12H9N3O5/c16-11-5-4-9(15(19)20)7-14(11)6-8-2-1-3-10(13-8)12(17)18/h1-5,7H,6H2,(H,17,18). The number of carboxylic acid groups (broad SMARTS) is 1. The van der Waals surface area contributed by atoms with E-state index in [4.69, 9.17) is 5.11 Å². The van der Waals surface area contributed by atoms with Crippen LogP contribution in [0.3, 0.4) is 0 Å². The van der Waals surface area contributed by atoms with Crippen molar-refractivity contribution in [1.29, 1.82) is 0 Å². The van der Waals surface area contributed by atoms with E-state index in [1.807, 2.05) is 0 Å². The molecule has 20 heavy (non-hydrogen) atoms. The fourth-order valence-electron chi connectivity index (χ4n) is 1.61. The van der Waals surface area contributed by atoms with Gasteiger partial charge in [0.15, 0.2) is 0 Å². The van der Waals surface area contributed by atoms with Crippen LogP contribution < -0.4 is 5.56 Å². The number of carbonyl (C=O) groups is 1. The first-order chi connectivity index (χ1) is 9.47. The van der Waals surface area contributed by atoms with E-state index in [1.54, 1.807) is 0 Å². The summed E-state index contributed by atoms with van der Waals surface area (Å²) in [6.07, 6.45) is 1.09. The van der Waals surface area contributed by atoms with E-state index in [0.717, 1.165) is 22.9 Å². The van der Waals surface area contributed by atoms with Gasteiger partial charge in [-0.1, -0.05) is 6.07 Å². The third kappa shape index (κ3) is 2.86. The molecule has 2 rings (SSSR count). The summed E-state index contributed by atoms with van der Waals surface area (Å²) in [7, 11) is 0. The molecule has 0 unspecified atom stereocenters. The lowest BCUT2D eigenvalue weighted by atomic mass is 10.3. The molecule has 0 spiro atoms. The van der Waals surface area contributed by atoms with Crippen LogP contribution in [0.15, 0.2) is 41.3 Å². The van der Waals surface area contributed by atoms with Crippen LogP contribution in [0.5, 0.6) is 0 Å². The monoisotopic (exact) mass is 275 g/mol. The van der Waals surface area contributed by atoms with Gasteiger partial charge in [0.2, 0.25) is 0 Å². The predicted octanol–water partition coefficient (Wildman–Crippen LogP) is 0.898. The lowest BCUT2D eigenvalue weighted by Gasteiger charge is -2.05. The summed E-state index contributed by atoms with van der Waals surface area (Å²) < 4.78 is 1.10. The van der Waals surface area contributed by atoms with E-state index in [1.165, 1.54) is 18.2 Å². The summed E-state index contributed by atoms with van der Waals surface area (Å²) in [5.41, 5.74) is -0.481. The number of aromatic carboxylic acids is 1. The van der Waals surface area contributed by atoms with Gasteiger partial charge in [-0.05, 0) is 12.1 Å². The van der Waals surface area contributed by atoms with Crippen LogP contribution in [0, 0.1) is 10.1 Å². The highest BCUT2D eigenvalue weighted by Gasteiger charge is 2.10. The smallest absolute Gasteiger partial charge is 0.354 e. The van der Waals surface area contributed by atoms with Gasteiger partial charge in [0.25, 0.3) is 11.2 Å². The third-order valence-electron chi connectivity index (χ3n) is 2.54. The van der Waals surface area contributed by atoms with Crippen molar-refractivity contribution in [2.24, 2.45) is 0 Å². The van der Waals surface area contributed by atoms with E-state index in [9.17, 15) is 19.7 Å². The highest BCUT2D eigenvalue weighted by Crippen LogP contribution is 2.08. The van der Waals surface area contributed by atoms with Gasteiger partial charge >= 0.3 is 5.97 Å². The molecular formula is C12H9N3O5. The number of nitrogens with zero attached hydrogens (tertiary/aromatic N) is 3. The minimum absolute atomic E-state index is 0.0400. The van der Waals surface area contributed by atoms with Crippen molar-refractivity contribution in [3.8, 4) is 0 Å². The molecule has 0 atom stereocenters. The zero-order chi connectivity index (χ0) is 14.7. The Morgan fingerprint density at radius 2 is 2.10 bits per heavy atom. The first-order valence-electron chi connectivity index (χ1n) is 5.51. The second kappa shape index (κ2) is 5.31. The molecule has 0 aliphatic carbocycles. The molecule has 0 fully saturated rings. The molecule has 0 bridgehead atoms. The first-order valence-corrected chi connectivity index (χ1v) is 5.51. The predicted molar refractivity (Wildman–Crippen MR) is 67.7 cm³/mol. The second-order valence-corrected chi connectivity index (χ2v) is 3.93. The highest BCUT2D eigenvalue weighted by atomic mass is 16.6. The zero-order valence-electron chi connectivity index (χ0n) is 10.1. The largest absolute Gasteiger partial charge is 0.477 e. The second-order valence-electron chi connectivity index (χ2n) is 3.93. The molecule has 0 radical (unpaired) electrons. The Balaban J connectivity index is 2.37. The normalized spacial score (nSPS) is 10.2. The summed E-state index contributed by atoms with van der Waals surface area (Å²) in [4.78, 5) is 36.3. The summed E-state index contributed by atoms with van der Waals surface area (Å²) in [6, 6.07) is 6.55. The van der Waals surface area contributed by atoms with Gasteiger partial charge in [-0.15, -0.1) is 0 Å². The number of pyridine rings is 2. The Morgan fingerprint density at radius 1 is 1.35 bits per heavy atom. The number of hydrogen-bond donors (Lipinski definition) is 1. The van der Waals surface area contributed by atoms with Crippen molar-refractivity contribution in [3.05, 3.63) is 68.4 Å². The minimum Gasteiger partial charge on any atom is -0.477 e. The molecule has 0 aliphatic rings. The van der Waals surface area contributed by atoms with Crippen molar-refractivity contribution in [2.75, 3.05) is 0 Å². The van der Waals surface area contributed by atoms with Crippen molar-refractivity contribution in [2.45, 2.75) is 6.54 Å². The van der Waals surface area contributed by atoms with Gasteiger partial charge in [0.1, 0.15) is 5.69 Å². The van der Waals surface area contributed by atoms with Gasteiger partial charge in [-0.3, -0.25) is 14.9 Å². The topological polar surface area (TPSA) is 115 Å². The maximum Gasteiger partial charge on any atom is 0.354 e. The van der Waals surface area contributed by atoms with E-state index in [2.05, 4.69) is 4.98 Å². The average Bonchev–Trinajstić information content (AvgIpc) is 2.41. The molecule has 102 valence electrons. The van der Waals surface area contributed by atoms with Gasteiger partial charge < -0.3 is 9.67 Å². The third-order valence-corrected chi connectivity index (χ3v) is 2.54. The Morgan fingerprint density at radius 3 is 2.75 bits per heavy atom. The van der Waals surface area contributed by atoms with Gasteiger partial charge in [-0.25, -0.2) is 9.78 Å². The van der Waals surface area contributed by atoms with Crippen LogP contribution in [0.1, 0.15) is 16.2 Å². The first kappa shape index (κ1) is 13.4. The highest BCUT2D eigenvalue weighted by molar-refractivity contribution is 5.85. The fourth-order valence-corrected chi connectivity index (χ4v) is 1.61. The van der Waals surface area contributed by atoms with Crippen LogP contribution in [0.4, 0.5) is 5.69 Å². The van der Waals surface area contributed by atoms with Crippen LogP contribution in [0.2, 0.25) is 0 Å². The molecule has 2 aromatic rings. The number of rotatable bonds is 4. The maximum absolute atomic E-state index is 11.6. The van der Waals surface area contributed by atoms with Crippen molar-refractivity contribution < 1.29 is 14.8 Å². The van der Waals surface area contributed by atoms with Gasteiger partial charge in [-0.2, -0.15) is 0 Å². The molecular weight excluding hydrogens is 266 g/mol. The number of hydrogen-bond acceptors (Lipinski definition) is 5. The molecule has 8 nitrogen and oxygen atoms in total. The summed E-state index contributed by atoms with van der Waals surface area (Å²) in [6.45, 7) is -0.0400. The van der Waals surface area contributed by atoms with Crippen molar-refractivity contribution in [1.82, 2.24) is 9.55 Å². The quantitative estimate of drug-likeness (QED) is 0.654. The van der Waals surface area contributed by atoms with Crippen molar-refractivity contribution >= 4 is 11.7 Å². The SMILES string of the molecule is O=C(O)c1cccc(Cn2cc([N+](=O)[O-])ccc2=O)n1. The molecule has 8 heteroatoms. The van der Waals surface area contributed by atoms with Crippen LogP contribution in [0.25, 0.3) is 0 Å². The Labute approximate surface area is 112 Å². The molecule has 0 aliphatic heterocycles. The van der Waals surface area contributed by atoms with Crippen LogP contribution in [-0.4, -0.2) is 25.6 Å². The molecule has 0 saturated heterocycles. The lowest BCUT2D eigenvalue weighted by Crippen LogP contribution is -2.20. The van der Waals surface area contributed by atoms with Gasteiger partial charge in [0, 0.05) is 12.1 Å². The summed E-state index contributed by atoms with van der Waals surface area (Å²) in [5, 5.41) is 19.5. The number of carboxylic acids is 1. The Bertz CT molecular complexity index is 738. The molecule has 0 saturated carbocycles. The molecule has 0 aromatic carbocycles. The van der Waals surface area contributed by atoms with Crippen LogP contribution in [-0.2, 0) is 6.54 Å². The van der Waals surface area contributed by atoms with Gasteiger partial charge in [0.05, 0.1) is 23.4 Å². The molecule has 2 aromatic heterocycles. The van der Waals surface area contributed by atoms with Crippen LogP contribution >= 0.6 is 0 Å². The number of aromatic nitrogens is 2. The molecule has 1 N–H and O–H groups in total. The van der Waals surface area contributed by atoms with E-state index < -0.39 is 16.5 Å². The van der Waals surface area contributed by atoms with E-state index in [-0.39, 0.29) is 17.9 Å². The minimum atomic E-state index is -1.18. The average molecular weight is 275 g/mol. The fraction of sp³-hybridized carbons (Fsp3) is 0.0833. The number of nitro groups is 1. The van der Waals surface area contributed by atoms with E-state index >= 15 is 0 Å². The Kier molecular flexibility index (Phi) is 3.56. The van der Waals surface area contributed by atoms with Crippen molar-refractivity contribution in [3.63, 3.8) is 0 Å². The summed E-state index contributed by atoms with van der Waals surface area (Å²) in [5.74, 6) is -1.18.